The molecule has 0 aliphatic rings. The lowest BCUT2D eigenvalue weighted by Crippen LogP contribution is -2.38. The molecule has 1 aromatic rings. The summed E-state index contributed by atoms with van der Waals surface area (Å²) in [6.07, 6.45) is 0.765. The summed E-state index contributed by atoms with van der Waals surface area (Å²) in [5, 5.41) is 17.5. The van der Waals surface area contributed by atoms with Crippen LogP contribution in [0.25, 0.3) is 0 Å². The number of aromatic hydroxyl groups is 1. The maximum absolute atomic E-state index is 11.2. The molecule has 1 aromatic carbocycles. The molecule has 0 aliphatic heterocycles. The van der Waals surface area contributed by atoms with Crippen LogP contribution in [-0.4, -0.2) is 46.2 Å². The molecule has 0 radical (unpaired) electrons. The molecule has 27 heavy (non-hydrogen) atoms. The lowest BCUT2D eigenvalue weighted by atomic mass is 10.1. The normalized spacial score (nSPS) is 13.7. The molecule has 0 heterocycles. The van der Waals surface area contributed by atoms with Gasteiger partial charge in [-0.05, 0) is 43.4 Å². The molecular weight excluding hydrogens is 354 g/mol. The number of phenols is 1. The molecule has 0 bridgehead atoms. The van der Waals surface area contributed by atoms with Crippen molar-refractivity contribution in [1.29, 1.82) is 0 Å². The fraction of sp³-hybridized carbons (Fsp3) is 0.500. The van der Waals surface area contributed by atoms with Crippen LogP contribution in [0.3, 0.4) is 0 Å². The largest absolute Gasteiger partial charge is 0.508 e. The van der Waals surface area contributed by atoms with Gasteiger partial charge in [0.15, 0.2) is 0 Å². The smallest absolute Gasteiger partial charge is 0.330 e. The summed E-state index contributed by atoms with van der Waals surface area (Å²) >= 11 is 0. The Balaban J connectivity index is 0.000000501. The molecule has 8 N–H and O–H groups in total. The highest BCUT2D eigenvalue weighted by molar-refractivity contribution is 5.90. The van der Waals surface area contributed by atoms with Crippen LogP contribution in [0.15, 0.2) is 24.3 Å². The molecule has 9 nitrogen and oxygen atoms in total. The molecule has 9 heteroatoms. The molecule has 0 fully saturated rings. The van der Waals surface area contributed by atoms with Crippen LogP contribution >= 0.6 is 0 Å². The summed E-state index contributed by atoms with van der Waals surface area (Å²) in [6, 6.07) is 3.87. The second-order valence-corrected chi connectivity index (χ2v) is 6.58. The van der Waals surface area contributed by atoms with Crippen molar-refractivity contribution in [2.75, 3.05) is 0 Å². The van der Waals surface area contributed by atoms with E-state index >= 15 is 0 Å². The Hall–Kier alpha value is -2.49. The van der Waals surface area contributed by atoms with Gasteiger partial charge < -0.3 is 32.2 Å². The number of rotatable bonds is 7. The van der Waals surface area contributed by atoms with E-state index in [4.69, 9.17) is 27.4 Å². The third kappa shape index (κ3) is 11.0. The molecule has 0 unspecified atom stereocenters. The van der Waals surface area contributed by atoms with Crippen LogP contribution in [0.5, 0.6) is 5.75 Å². The number of carbonyl (C=O) groups excluding carboxylic acids is 2. The van der Waals surface area contributed by atoms with E-state index in [9.17, 15) is 14.4 Å². The second kappa shape index (κ2) is 12.0. The van der Waals surface area contributed by atoms with E-state index < -0.39 is 36.0 Å². The van der Waals surface area contributed by atoms with Gasteiger partial charge in [0.2, 0.25) is 0 Å². The van der Waals surface area contributed by atoms with Crippen molar-refractivity contribution in [2.45, 2.75) is 51.7 Å². The van der Waals surface area contributed by atoms with Crippen molar-refractivity contribution < 1.29 is 29.3 Å². The zero-order valence-corrected chi connectivity index (χ0v) is 15.8. The number of hydrogen-bond donors (Lipinski definition) is 5. The maximum Gasteiger partial charge on any atom is 0.330 e. The van der Waals surface area contributed by atoms with Crippen LogP contribution in [0.2, 0.25) is 0 Å². The van der Waals surface area contributed by atoms with Gasteiger partial charge >= 0.3 is 17.9 Å². The fourth-order valence-electron chi connectivity index (χ4n) is 1.85. The van der Waals surface area contributed by atoms with Gasteiger partial charge in [-0.1, -0.05) is 26.0 Å². The number of hydrogen-bond acceptors (Lipinski definition) is 8. The Morgan fingerprint density at radius 1 is 0.963 bits per heavy atom. The molecule has 1 rings (SSSR count). The first kappa shape index (κ1) is 24.5. The third-order valence-corrected chi connectivity index (χ3v) is 3.31. The van der Waals surface area contributed by atoms with Crippen molar-refractivity contribution in [1.82, 2.24) is 0 Å². The Bertz CT molecular complexity index is 616. The maximum atomic E-state index is 11.2. The molecule has 3 atom stereocenters. The molecule has 0 saturated carbocycles. The van der Waals surface area contributed by atoms with Gasteiger partial charge in [0.05, 0.1) is 0 Å². The minimum absolute atomic E-state index is 0.160. The van der Waals surface area contributed by atoms with Gasteiger partial charge in [0.1, 0.15) is 23.9 Å². The van der Waals surface area contributed by atoms with Crippen LogP contribution in [0.4, 0.5) is 0 Å². The van der Waals surface area contributed by atoms with Crippen LogP contribution in [0.1, 0.15) is 32.8 Å². The first-order chi connectivity index (χ1) is 12.4. The van der Waals surface area contributed by atoms with Crippen molar-refractivity contribution in [2.24, 2.45) is 23.1 Å². The molecule has 0 aliphatic carbocycles. The van der Waals surface area contributed by atoms with E-state index in [-0.39, 0.29) is 18.1 Å². The SMILES string of the molecule is CC(C)C[C@H](N)C(=O)OC(=O)[C@H](C)N.N[C@@H](Cc1ccc(O)cc1)C(=O)O. The van der Waals surface area contributed by atoms with Gasteiger partial charge in [-0.15, -0.1) is 0 Å². The average molecular weight is 383 g/mol. The second-order valence-electron chi connectivity index (χ2n) is 6.58. The summed E-state index contributed by atoms with van der Waals surface area (Å²) in [5.74, 6) is -2.03. The summed E-state index contributed by atoms with van der Waals surface area (Å²) in [6.45, 7) is 5.31. The number of nitrogens with two attached hydrogens (primary N) is 3. The van der Waals surface area contributed by atoms with Crippen LogP contribution in [-0.2, 0) is 25.5 Å². The molecular formula is C18H29N3O6. The van der Waals surface area contributed by atoms with E-state index in [2.05, 4.69) is 4.74 Å². The summed E-state index contributed by atoms with van der Waals surface area (Å²) in [5.41, 5.74) is 16.8. The number of ether oxygens (including phenoxy) is 1. The number of carboxylic acid groups (broad SMARTS) is 1. The summed E-state index contributed by atoms with van der Waals surface area (Å²) in [7, 11) is 0. The van der Waals surface area contributed by atoms with Gasteiger partial charge in [0.25, 0.3) is 0 Å². The van der Waals surface area contributed by atoms with E-state index in [0.29, 0.717) is 6.42 Å². The zero-order chi connectivity index (χ0) is 21.1. The van der Waals surface area contributed by atoms with Crippen molar-refractivity contribution >= 4 is 17.9 Å². The monoisotopic (exact) mass is 383 g/mol. The number of aliphatic carboxylic acids is 1. The van der Waals surface area contributed by atoms with Gasteiger partial charge in [0, 0.05) is 0 Å². The molecule has 0 aromatic heterocycles. The van der Waals surface area contributed by atoms with Crippen molar-refractivity contribution in [3.8, 4) is 5.75 Å². The fourth-order valence-corrected chi connectivity index (χ4v) is 1.85. The molecule has 0 amide bonds. The first-order valence-electron chi connectivity index (χ1n) is 8.47. The third-order valence-electron chi connectivity index (χ3n) is 3.31. The topological polar surface area (TPSA) is 179 Å². The zero-order valence-electron chi connectivity index (χ0n) is 15.8. The number of carboxylic acids is 1. The van der Waals surface area contributed by atoms with E-state index in [0.717, 1.165) is 5.56 Å². The summed E-state index contributed by atoms with van der Waals surface area (Å²) in [4.78, 5) is 32.5. The van der Waals surface area contributed by atoms with E-state index in [1.54, 1.807) is 12.1 Å². The minimum atomic E-state index is -1.02. The lowest BCUT2D eigenvalue weighted by Gasteiger charge is -2.12. The number of benzene rings is 1. The minimum Gasteiger partial charge on any atom is -0.508 e. The van der Waals surface area contributed by atoms with Crippen molar-refractivity contribution in [3.05, 3.63) is 29.8 Å². The standard InChI is InChI=1S/C9H18N2O3.C9H11NO3/c1-5(2)4-7(11)9(13)14-8(12)6(3)10;10-8(9(12)13)5-6-1-3-7(11)4-2-6/h5-7H,4,10-11H2,1-3H3;1-4,8,11H,5,10H2,(H,12,13)/t6-,7-;8-/m00/s1. The average Bonchev–Trinajstić information content (AvgIpc) is 2.56. The first-order valence-corrected chi connectivity index (χ1v) is 8.47. The molecule has 0 spiro atoms. The Morgan fingerprint density at radius 2 is 1.48 bits per heavy atom. The predicted octanol–water partition coefficient (Wildman–Crippen LogP) is 0.123. The highest BCUT2D eigenvalue weighted by atomic mass is 16.6. The molecule has 152 valence electrons. The van der Waals surface area contributed by atoms with Gasteiger partial charge in [-0.2, -0.15) is 0 Å². The predicted molar refractivity (Wildman–Crippen MR) is 99.6 cm³/mol. The Kier molecular flexibility index (Phi) is 10.9. The Morgan fingerprint density at radius 3 is 1.89 bits per heavy atom. The van der Waals surface area contributed by atoms with Crippen LogP contribution in [0, 0.1) is 5.92 Å². The van der Waals surface area contributed by atoms with Crippen LogP contribution < -0.4 is 17.2 Å². The highest BCUT2D eigenvalue weighted by Crippen LogP contribution is 2.10. The molecule has 0 saturated heterocycles. The quantitative estimate of drug-likeness (QED) is 0.323. The number of carbonyl (C=O) groups is 3. The van der Waals surface area contributed by atoms with Gasteiger partial charge in [-0.3, -0.25) is 4.79 Å². The van der Waals surface area contributed by atoms with E-state index in [1.807, 2.05) is 13.8 Å². The number of esters is 2. The highest BCUT2D eigenvalue weighted by Gasteiger charge is 2.21. The van der Waals surface area contributed by atoms with E-state index in [1.165, 1.54) is 19.1 Å². The van der Waals surface area contributed by atoms with Crippen molar-refractivity contribution in [3.63, 3.8) is 0 Å². The number of phenolic OH excluding ortho intramolecular Hbond substituents is 1. The Labute approximate surface area is 158 Å². The summed E-state index contributed by atoms with van der Waals surface area (Å²) < 4.78 is 4.45. The van der Waals surface area contributed by atoms with Gasteiger partial charge in [-0.25, -0.2) is 9.59 Å². The lowest BCUT2D eigenvalue weighted by molar-refractivity contribution is -0.161.